The highest BCUT2D eigenvalue weighted by molar-refractivity contribution is 6.03. The van der Waals surface area contributed by atoms with E-state index >= 15 is 0 Å². The third-order valence-electron chi connectivity index (χ3n) is 8.64. The molecule has 0 aromatic heterocycles. The molecule has 3 aromatic carbocycles. The van der Waals surface area contributed by atoms with Gasteiger partial charge in [0.1, 0.15) is 0 Å². The van der Waals surface area contributed by atoms with Crippen LogP contribution in [0.2, 0.25) is 0 Å². The molecule has 3 aliphatic heterocycles. The van der Waals surface area contributed by atoms with Crippen molar-refractivity contribution in [3.8, 4) is 0 Å². The first-order valence-corrected chi connectivity index (χ1v) is 17.5. The minimum atomic E-state index is -1.26. The molecule has 0 unspecified atom stereocenters. The Kier molecular flexibility index (Phi) is 14.8. The minimum Gasteiger partial charge on any atom is -0.478 e. The Morgan fingerprint density at radius 3 is 1.18 bits per heavy atom. The lowest BCUT2D eigenvalue weighted by atomic mass is 10.0. The predicted octanol–water partition coefficient (Wildman–Crippen LogP) is 7.60. The zero-order chi connectivity index (χ0) is 34.8. The third-order valence-corrected chi connectivity index (χ3v) is 8.64. The second kappa shape index (κ2) is 19.7. The van der Waals surface area contributed by atoms with Gasteiger partial charge in [0.05, 0.1) is 5.56 Å². The number of fused-ring (bicyclic) bond motifs is 2. The van der Waals surface area contributed by atoms with Crippen molar-refractivity contribution in [2.24, 2.45) is 0 Å². The maximum absolute atomic E-state index is 13.0. The number of amides is 4. The van der Waals surface area contributed by atoms with Crippen LogP contribution in [0, 0.1) is 0 Å². The summed E-state index contributed by atoms with van der Waals surface area (Å²) in [5.41, 5.74) is 2.84. The Hall–Kier alpha value is -4.99. The molecular formula is C39H48N4O6. The van der Waals surface area contributed by atoms with Crippen LogP contribution in [-0.4, -0.2) is 34.7 Å². The van der Waals surface area contributed by atoms with Crippen LogP contribution in [0.15, 0.2) is 66.7 Å². The number of carboxylic acid groups (broad SMARTS) is 1. The molecule has 3 aliphatic rings. The highest BCUT2D eigenvalue weighted by Gasteiger charge is 2.16. The van der Waals surface area contributed by atoms with E-state index in [-0.39, 0.29) is 41.6 Å². The lowest BCUT2D eigenvalue weighted by Crippen LogP contribution is -2.26. The monoisotopic (exact) mass is 668 g/mol. The highest BCUT2D eigenvalue weighted by atomic mass is 16.4. The van der Waals surface area contributed by atoms with Crippen LogP contribution in [0.3, 0.4) is 0 Å². The molecule has 0 saturated heterocycles. The summed E-state index contributed by atoms with van der Waals surface area (Å²) in [6, 6.07) is 18.2. The van der Waals surface area contributed by atoms with Crippen molar-refractivity contribution in [2.75, 3.05) is 10.6 Å². The first kappa shape index (κ1) is 36.8. The summed E-state index contributed by atoms with van der Waals surface area (Å²) < 4.78 is 0. The number of rotatable bonds is 1. The number of anilines is 2. The van der Waals surface area contributed by atoms with E-state index in [0.29, 0.717) is 24.2 Å². The molecule has 0 radical (unpaired) electrons. The second-order valence-corrected chi connectivity index (χ2v) is 12.7. The van der Waals surface area contributed by atoms with Crippen molar-refractivity contribution in [3.05, 3.63) is 94.5 Å². The molecule has 5 N–H and O–H groups in total. The summed E-state index contributed by atoms with van der Waals surface area (Å²) in [5, 5.41) is 21.0. The molecular weight excluding hydrogens is 620 g/mol. The predicted molar refractivity (Wildman–Crippen MR) is 191 cm³/mol. The molecule has 10 nitrogen and oxygen atoms in total. The number of carbonyl (C=O) groups excluding carboxylic acids is 4. The Morgan fingerprint density at radius 1 is 0.490 bits per heavy atom. The second-order valence-electron chi connectivity index (χ2n) is 12.7. The molecule has 0 spiro atoms. The van der Waals surface area contributed by atoms with Gasteiger partial charge in [-0.2, -0.15) is 0 Å². The van der Waals surface area contributed by atoms with E-state index in [0.717, 1.165) is 49.7 Å². The summed E-state index contributed by atoms with van der Waals surface area (Å²) in [4.78, 5) is 62.7. The summed E-state index contributed by atoms with van der Waals surface area (Å²) in [7, 11) is 0. The lowest BCUT2D eigenvalue weighted by molar-refractivity contribution is -0.117. The van der Waals surface area contributed by atoms with Gasteiger partial charge in [-0.15, -0.1) is 0 Å². The van der Waals surface area contributed by atoms with Gasteiger partial charge >= 0.3 is 5.97 Å². The molecule has 49 heavy (non-hydrogen) atoms. The maximum Gasteiger partial charge on any atom is 0.335 e. The van der Waals surface area contributed by atoms with E-state index in [9.17, 15) is 29.1 Å². The van der Waals surface area contributed by atoms with Crippen molar-refractivity contribution < 1.29 is 29.1 Å². The highest BCUT2D eigenvalue weighted by Crippen LogP contribution is 2.17. The van der Waals surface area contributed by atoms with Crippen LogP contribution in [0.5, 0.6) is 0 Å². The van der Waals surface area contributed by atoms with Crippen molar-refractivity contribution in [1.82, 2.24) is 10.6 Å². The van der Waals surface area contributed by atoms with E-state index in [4.69, 9.17) is 0 Å². The zero-order valence-corrected chi connectivity index (χ0v) is 28.2. The first-order valence-electron chi connectivity index (χ1n) is 17.5. The van der Waals surface area contributed by atoms with Gasteiger partial charge in [-0.3, -0.25) is 19.2 Å². The van der Waals surface area contributed by atoms with Crippen LogP contribution in [-0.2, 0) is 22.7 Å². The number of carboxylic acids is 1. The van der Waals surface area contributed by atoms with Gasteiger partial charge in [-0.25, -0.2) is 4.79 Å². The van der Waals surface area contributed by atoms with Gasteiger partial charge in [-0.1, -0.05) is 88.5 Å². The molecule has 260 valence electrons. The van der Waals surface area contributed by atoms with Crippen LogP contribution in [0.4, 0.5) is 11.4 Å². The number of carbonyl (C=O) groups is 5. The fraction of sp³-hybridized carbons (Fsp3) is 0.410. The summed E-state index contributed by atoms with van der Waals surface area (Å²) in [6.07, 6.45) is 14.3. The topological polar surface area (TPSA) is 154 Å². The molecule has 4 amide bonds. The molecule has 6 bridgehead atoms. The van der Waals surface area contributed by atoms with Crippen LogP contribution in [0.1, 0.15) is 132 Å². The van der Waals surface area contributed by atoms with E-state index in [1.807, 2.05) is 0 Å². The minimum absolute atomic E-state index is 0.0228. The van der Waals surface area contributed by atoms with Gasteiger partial charge in [0.2, 0.25) is 11.8 Å². The van der Waals surface area contributed by atoms with Gasteiger partial charge in [0.25, 0.3) is 11.8 Å². The van der Waals surface area contributed by atoms with Crippen molar-refractivity contribution in [3.63, 3.8) is 0 Å². The summed E-state index contributed by atoms with van der Waals surface area (Å²) >= 11 is 0. The van der Waals surface area contributed by atoms with Crippen molar-refractivity contribution in [2.45, 2.75) is 103 Å². The molecule has 0 aliphatic carbocycles. The SMILES string of the molecule is O=C1CCCCCCCCCCCCCCC(=O)Nc2ccc(cc2)CNC(=O)c2cc(C(=O)O)cc(c2)C(=O)NCc2ccc(cc2)N1. The average Bonchev–Trinajstić information content (AvgIpc) is 3.10. The number of hydrogen-bond acceptors (Lipinski definition) is 5. The number of aromatic carboxylic acids is 1. The lowest BCUT2D eigenvalue weighted by Gasteiger charge is -2.11. The van der Waals surface area contributed by atoms with E-state index in [1.165, 1.54) is 56.7 Å². The van der Waals surface area contributed by atoms with Crippen LogP contribution >= 0.6 is 0 Å². The molecule has 10 heteroatoms. The van der Waals surface area contributed by atoms with Crippen LogP contribution < -0.4 is 21.3 Å². The Balaban J connectivity index is 1.39. The summed E-state index contributed by atoms with van der Waals surface area (Å²) in [6.45, 7) is 0.338. The normalized spacial score (nSPS) is 17.1. The number of hydrogen-bond donors (Lipinski definition) is 5. The first-order chi connectivity index (χ1) is 23.8. The fourth-order valence-corrected chi connectivity index (χ4v) is 5.78. The van der Waals surface area contributed by atoms with Crippen molar-refractivity contribution >= 4 is 41.0 Å². The zero-order valence-electron chi connectivity index (χ0n) is 28.2. The molecule has 0 fully saturated rings. The van der Waals surface area contributed by atoms with Crippen molar-refractivity contribution in [1.29, 1.82) is 0 Å². The standard InChI is InChI=1S/C39H48N4O6/c44-35-13-11-9-7-5-3-1-2-4-6-8-10-12-14-36(45)43-34-21-17-29(18-22-34)27-41-38(47)31-23-30(24-32(25-31)39(48)49)37(46)40-26-28-15-19-33(42-35)20-16-28/h15-25H,1-14,26-27H2,(H,40,46)(H,41,47)(H,42,44)(H,43,45)(H,48,49). The Bertz CT molecular complexity index is 1460. The summed E-state index contributed by atoms with van der Waals surface area (Å²) in [5.74, 6) is -2.36. The third kappa shape index (κ3) is 13.2. The van der Waals surface area contributed by atoms with Gasteiger partial charge in [0, 0.05) is 48.4 Å². The molecule has 0 atom stereocenters. The quantitative estimate of drug-likeness (QED) is 0.180. The smallest absolute Gasteiger partial charge is 0.335 e. The van der Waals surface area contributed by atoms with E-state index in [1.54, 1.807) is 48.5 Å². The maximum atomic E-state index is 13.0. The fourth-order valence-electron chi connectivity index (χ4n) is 5.78. The molecule has 3 aromatic rings. The van der Waals surface area contributed by atoms with Gasteiger partial charge in [-0.05, 0) is 66.4 Å². The molecule has 3 heterocycles. The molecule has 6 rings (SSSR count). The Morgan fingerprint density at radius 2 is 0.837 bits per heavy atom. The van der Waals surface area contributed by atoms with E-state index < -0.39 is 17.8 Å². The van der Waals surface area contributed by atoms with Gasteiger partial charge in [0.15, 0.2) is 0 Å². The number of benzene rings is 3. The number of nitrogens with one attached hydrogen (secondary N) is 4. The molecule has 0 saturated carbocycles. The largest absolute Gasteiger partial charge is 0.478 e. The van der Waals surface area contributed by atoms with E-state index in [2.05, 4.69) is 21.3 Å². The van der Waals surface area contributed by atoms with Gasteiger partial charge < -0.3 is 26.4 Å². The average molecular weight is 669 g/mol. The Labute approximate surface area is 288 Å². The van der Waals surface area contributed by atoms with Crippen LogP contribution in [0.25, 0.3) is 0 Å².